The van der Waals surface area contributed by atoms with E-state index in [9.17, 15) is 0 Å². The van der Waals surface area contributed by atoms with Gasteiger partial charge < -0.3 is 4.74 Å². The van der Waals surface area contributed by atoms with Crippen molar-refractivity contribution in [2.45, 2.75) is 0 Å². The molecule has 0 aliphatic carbocycles. The largest absolute Gasteiger partial charge is 0.496 e. The molecule has 0 fully saturated rings. The van der Waals surface area contributed by atoms with Crippen LogP contribution >= 0.6 is 0 Å². The van der Waals surface area contributed by atoms with E-state index in [1.54, 1.807) is 6.26 Å². The first-order valence-corrected chi connectivity index (χ1v) is 3.31. The number of nitrogens with one attached hydrogen (secondary N) is 1. The monoisotopic (exact) mass is 149 g/mol. The van der Waals surface area contributed by atoms with Crippen LogP contribution in [-0.4, -0.2) is 21.8 Å². The topological polar surface area (TPSA) is 50.8 Å². The van der Waals surface area contributed by atoms with E-state index in [4.69, 9.17) is 4.74 Å². The average Bonchev–Trinajstić information content (AvgIpc) is 2.58. The second-order valence-electron chi connectivity index (χ2n) is 2.14. The number of hydrogen-bond donors (Lipinski definition) is 1. The van der Waals surface area contributed by atoms with Gasteiger partial charge in [-0.25, -0.2) is 4.98 Å². The van der Waals surface area contributed by atoms with Crippen LogP contribution in [0.25, 0.3) is 5.57 Å². The van der Waals surface area contributed by atoms with Crippen molar-refractivity contribution in [1.82, 2.24) is 15.2 Å². The normalized spacial score (nSPS) is 15.8. The molecule has 0 radical (unpaired) electrons. The molecule has 0 aromatic carbocycles. The quantitative estimate of drug-likeness (QED) is 0.640. The van der Waals surface area contributed by atoms with E-state index in [0.29, 0.717) is 6.61 Å². The Morgan fingerprint density at radius 2 is 2.55 bits per heavy atom. The van der Waals surface area contributed by atoms with Crippen molar-refractivity contribution in [2.24, 2.45) is 0 Å². The lowest BCUT2D eigenvalue weighted by Crippen LogP contribution is -1.93. The van der Waals surface area contributed by atoms with Crippen molar-refractivity contribution in [3.63, 3.8) is 0 Å². The summed E-state index contributed by atoms with van der Waals surface area (Å²) >= 11 is 0. The van der Waals surface area contributed by atoms with Crippen molar-refractivity contribution < 1.29 is 4.74 Å². The van der Waals surface area contributed by atoms with E-state index in [-0.39, 0.29) is 0 Å². The molecular formula is C7H7N3O. The highest BCUT2D eigenvalue weighted by Crippen LogP contribution is 2.12. The molecule has 1 aliphatic rings. The van der Waals surface area contributed by atoms with E-state index in [1.807, 2.05) is 12.2 Å². The summed E-state index contributed by atoms with van der Waals surface area (Å²) < 4.78 is 5.07. The highest BCUT2D eigenvalue weighted by molar-refractivity contribution is 5.68. The van der Waals surface area contributed by atoms with Crippen molar-refractivity contribution in [3.8, 4) is 0 Å². The third-order valence-electron chi connectivity index (χ3n) is 1.39. The lowest BCUT2D eigenvalue weighted by molar-refractivity contribution is 0.288. The van der Waals surface area contributed by atoms with Gasteiger partial charge in [-0.05, 0) is 12.2 Å². The number of hydrogen-bond acceptors (Lipinski definition) is 3. The Morgan fingerprint density at radius 3 is 3.18 bits per heavy atom. The molecule has 56 valence electrons. The van der Waals surface area contributed by atoms with Gasteiger partial charge in [0.05, 0.1) is 11.8 Å². The Kier molecular flexibility index (Phi) is 1.44. The van der Waals surface area contributed by atoms with Gasteiger partial charge in [0.25, 0.3) is 0 Å². The standard InChI is InChI=1S/C7H7N3O/c1-2-6(4-11-3-1)7-8-5-9-10-7/h1-2,4-5H,3H2,(H,8,9,10). The minimum atomic E-state index is 0.637. The molecule has 2 rings (SSSR count). The Balaban J connectivity index is 2.29. The smallest absolute Gasteiger partial charge is 0.158 e. The molecule has 0 unspecified atom stereocenters. The van der Waals surface area contributed by atoms with Gasteiger partial charge in [0, 0.05) is 0 Å². The molecule has 1 aromatic rings. The zero-order chi connectivity index (χ0) is 7.52. The number of aromatic nitrogens is 3. The van der Waals surface area contributed by atoms with E-state index < -0.39 is 0 Å². The fraction of sp³-hybridized carbons (Fsp3) is 0.143. The van der Waals surface area contributed by atoms with Gasteiger partial charge in [-0.15, -0.1) is 0 Å². The summed E-state index contributed by atoms with van der Waals surface area (Å²) in [5.41, 5.74) is 0.925. The lowest BCUT2D eigenvalue weighted by atomic mass is 10.2. The molecule has 4 nitrogen and oxygen atoms in total. The van der Waals surface area contributed by atoms with Crippen LogP contribution in [0.2, 0.25) is 0 Å². The van der Waals surface area contributed by atoms with Crippen LogP contribution < -0.4 is 0 Å². The summed E-state index contributed by atoms with van der Waals surface area (Å²) in [5, 5.41) is 6.48. The summed E-state index contributed by atoms with van der Waals surface area (Å²) in [7, 11) is 0. The molecule has 2 heterocycles. The van der Waals surface area contributed by atoms with E-state index in [1.165, 1.54) is 6.33 Å². The van der Waals surface area contributed by atoms with Gasteiger partial charge >= 0.3 is 0 Å². The maximum absolute atomic E-state index is 5.07. The second-order valence-corrected chi connectivity index (χ2v) is 2.14. The van der Waals surface area contributed by atoms with Gasteiger partial charge in [-0.3, -0.25) is 5.10 Å². The molecule has 4 heteroatoms. The third-order valence-corrected chi connectivity index (χ3v) is 1.39. The predicted octanol–water partition coefficient (Wildman–Crippen LogP) is 0.732. The first-order chi connectivity index (χ1) is 5.47. The molecule has 1 aromatic heterocycles. The number of aromatic amines is 1. The zero-order valence-electron chi connectivity index (χ0n) is 5.82. The number of ether oxygens (including phenoxy) is 1. The average molecular weight is 149 g/mol. The number of rotatable bonds is 1. The molecule has 0 saturated carbocycles. The number of allylic oxidation sites excluding steroid dienone is 2. The molecule has 0 saturated heterocycles. The molecule has 0 amide bonds. The van der Waals surface area contributed by atoms with E-state index in [0.717, 1.165) is 11.4 Å². The van der Waals surface area contributed by atoms with Crippen molar-refractivity contribution >= 4 is 5.57 Å². The van der Waals surface area contributed by atoms with Crippen LogP contribution in [0, 0.1) is 0 Å². The van der Waals surface area contributed by atoms with Gasteiger partial charge in [-0.1, -0.05) is 0 Å². The van der Waals surface area contributed by atoms with Gasteiger partial charge in [-0.2, -0.15) is 5.10 Å². The summed E-state index contributed by atoms with van der Waals surface area (Å²) in [4.78, 5) is 3.97. The van der Waals surface area contributed by atoms with Crippen molar-refractivity contribution in [3.05, 3.63) is 30.6 Å². The fourth-order valence-corrected chi connectivity index (χ4v) is 0.887. The van der Waals surface area contributed by atoms with Gasteiger partial charge in [0.2, 0.25) is 0 Å². The zero-order valence-corrected chi connectivity index (χ0v) is 5.82. The Labute approximate surface area is 63.6 Å². The minimum Gasteiger partial charge on any atom is -0.496 e. The first kappa shape index (κ1) is 6.15. The first-order valence-electron chi connectivity index (χ1n) is 3.31. The highest BCUT2D eigenvalue weighted by Gasteiger charge is 2.02. The third kappa shape index (κ3) is 1.14. The minimum absolute atomic E-state index is 0.637. The molecule has 1 aliphatic heterocycles. The van der Waals surface area contributed by atoms with Crippen LogP contribution in [0.15, 0.2) is 24.7 Å². The lowest BCUT2D eigenvalue weighted by Gasteiger charge is -2.03. The molecule has 1 N–H and O–H groups in total. The molecular weight excluding hydrogens is 142 g/mol. The van der Waals surface area contributed by atoms with Gasteiger partial charge in [0.15, 0.2) is 5.82 Å². The number of H-pyrrole nitrogens is 1. The highest BCUT2D eigenvalue weighted by atomic mass is 16.5. The van der Waals surface area contributed by atoms with E-state index >= 15 is 0 Å². The van der Waals surface area contributed by atoms with Crippen molar-refractivity contribution in [1.29, 1.82) is 0 Å². The maximum Gasteiger partial charge on any atom is 0.158 e. The summed E-state index contributed by atoms with van der Waals surface area (Å²) in [5.74, 6) is 0.737. The predicted molar refractivity (Wildman–Crippen MR) is 39.5 cm³/mol. The van der Waals surface area contributed by atoms with Gasteiger partial charge in [0.1, 0.15) is 12.9 Å². The van der Waals surface area contributed by atoms with Crippen molar-refractivity contribution in [2.75, 3.05) is 6.61 Å². The van der Waals surface area contributed by atoms with Crippen LogP contribution in [0.5, 0.6) is 0 Å². The van der Waals surface area contributed by atoms with Crippen LogP contribution in [-0.2, 0) is 4.74 Å². The SMILES string of the molecule is C1=CC(c2ncn[nH]2)=COC1. The van der Waals surface area contributed by atoms with E-state index in [2.05, 4.69) is 15.2 Å². The molecule has 0 spiro atoms. The van der Waals surface area contributed by atoms with Crippen LogP contribution in [0.4, 0.5) is 0 Å². The fourth-order valence-electron chi connectivity index (χ4n) is 0.887. The summed E-state index contributed by atoms with van der Waals surface area (Å²) in [6, 6.07) is 0. The summed E-state index contributed by atoms with van der Waals surface area (Å²) in [6.45, 7) is 0.637. The Morgan fingerprint density at radius 1 is 1.55 bits per heavy atom. The van der Waals surface area contributed by atoms with Crippen LogP contribution in [0.1, 0.15) is 5.82 Å². The molecule has 11 heavy (non-hydrogen) atoms. The Hall–Kier alpha value is -1.58. The second kappa shape index (κ2) is 2.57. The Bertz CT molecular complexity index is 287. The number of nitrogens with zero attached hydrogens (tertiary/aromatic N) is 2. The van der Waals surface area contributed by atoms with Crippen LogP contribution in [0.3, 0.4) is 0 Å². The maximum atomic E-state index is 5.07. The molecule has 0 bridgehead atoms. The molecule has 0 atom stereocenters. The summed E-state index contributed by atoms with van der Waals surface area (Å²) in [6.07, 6.45) is 7.01.